The summed E-state index contributed by atoms with van der Waals surface area (Å²) in [5, 5.41) is 7.88. The summed E-state index contributed by atoms with van der Waals surface area (Å²) in [6, 6.07) is 8.35. The van der Waals surface area contributed by atoms with Crippen LogP contribution in [0.4, 0.5) is 5.95 Å². The summed E-state index contributed by atoms with van der Waals surface area (Å²) in [4.78, 5) is 4.18. The lowest BCUT2D eigenvalue weighted by Gasteiger charge is -2.08. The maximum absolute atomic E-state index is 11.9. The van der Waals surface area contributed by atoms with E-state index in [9.17, 15) is 8.42 Å². The maximum Gasteiger partial charge on any atom is 0.254 e. The van der Waals surface area contributed by atoms with Crippen molar-refractivity contribution in [1.82, 2.24) is 14.2 Å². The van der Waals surface area contributed by atoms with Crippen LogP contribution in [0.1, 0.15) is 5.56 Å². The van der Waals surface area contributed by atoms with Crippen LogP contribution >= 0.6 is 23.2 Å². The lowest BCUT2D eigenvalue weighted by molar-refractivity contribution is 0.575. The van der Waals surface area contributed by atoms with Gasteiger partial charge in [0.15, 0.2) is 5.76 Å². The molecule has 0 bridgehead atoms. The average Bonchev–Trinajstić information content (AvgIpc) is 3.14. The molecule has 2 heterocycles. The molecule has 0 saturated heterocycles. The summed E-state index contributed by atoms with van der Waals surface area (Å²) in [5.41, 5.74) is 0.740. The molecule has 0 aliphatic rings. The van der Waals surface area contributed by atoms with Crippen LogP contribution in [0, 0.1) is 0 Å². The minimum absolute atomic E-state index is 0.0647. The van der Waals surface area contributed by atoms with Crippen LogP contribution < -0.4 is 5.32 Å². The molecule has 1 aromatic carbocycles. The van der Waals surface area contributed by atoms with Crippen molar-refractivity contribution in [3.63, 3.8) is 0 Å². The van der Waals surface area contributed by atoms with Gasteiger partial charge in [0.05, 0.1) is 12.5 Å². The van der Waals surface area contributed by atoms with E-state index in [0.29, 0.717) is 15.8 Å². The molecule has 0 amide bonds. The van der Waals surface area contributed by atoms with Gasteiger partial charge in [0, 0.05) is 16.6 Å². The fourth-order valence-electron chi connectivity index (χ4n) is 1.99. The third-order valence-electron chi connectivity index (χ3n) is 3.09. The SMILES string of the molecule is CS(=O)(=O)n1nc(-c2ccco2)nc1NCc1ccc(Cl)cc1Cl. The standard InChI is InChI=1S/C14H12Cl2N4O3S/c1-24(21,22)20-14(18-13(19-20)12-3-2-6-23-12)17-8-9-4-5-10(15)7-11(9)16/h2-7H,8H2,1H3,(H,17,18,19). The van der Waals surface area contributed by atoms with E-state index in [-0.39, 0.29) is 18.3 Å². The lowest BCUT2D eigenvalue weighted by Crippen LogP contribution is -2.16. The first-order chi connectivity index (χ1) is 11.3. The zero-order valence-corrected chi connectivity index (χ0v) is 14.7. The van der Waals surface area contributed by atoms with Crippen molar-refractivity contribution in [3.05, 3.63) is 52.2 Å². The van der Waals surface area contributed by atoms with Gasteiger partial charge in [-0.1, -0.05) is 29.3 Å². The molecule has 0 saturated carbocycles. The van der Waals surface area contributed by atoms with Crippen molar-refractivity contribution in [2.24, 2.45) is 0 Å². The third-order valence-corrected chi connectivity index (χ3v) is 4.56. The van der Waals surface area contributed by atoms with E-state index in [0.717, 1.165) is 15.9 Å². The predicted octanol–water partition coefficient (Wildman–Crippen LogP) is 3.26. The molecule has 24 heavy (non-hydrogen) atoms. The highest BCUT2D eigenvalue weighted by atomic mass is 35.5. The number of aromatic nitrogens is 3. The average molecular weight is 387 g/mol. The van der Waals surface area contributed by atoms with Gasteiger partial charge in [-0.15, -0.1) is 9.19 Å². The van der Waals surface area contributed by atoms with Crippen molar-refractivity contribution in [2.75, 3.05) is 11.6 Å². The van der Waals surface area contributed by atoms with Crippen molar-refractivity contribution >= 4 is 39.2 Å². The Labute approximate surface area is 148 Å². The molecule has 10 heteroatoms. The number of hydrogen-bond donors (Lipinski definition) is 1. The highest BCUT2D eigenvalue weighted by Gasteiger charge is 2.19. The minimum atomic E-state index is -3.64. The molecule has 0 unspecified atom stereocenters. The number of nitrogens with zero attached hydrogens (tertiary/aromatic N) is 3. The van der Waals surface area contributed by atoms with Gasteiger partial charge in [0.2, 0.25) is 11.8 Å². The summed E-state index contributed by atoms with van der Waals surface area (Å²) in [6.07, 6.45) is 2.49. The van der Waals surface area contributed by atoms with Crippen LogP contribution in [0.3, 0.4) is 0 Å². The molecule has 0 aliphatic carbocycles. The second kappa shape index (κ2) is 6.46. The number of anilines is 1. The Morgan fingerprint density at radius 3 is 2.71 bits per heavy atom. The second-order valence-electron chi connectivity index (χ2n) is 4.93. The number of hydrogen-bond acceptors (Lipinski definition) is 6. The zero-order chi connectivity index (χ0) is 17.3. The van der Waals surface area contributed by atoms with Crippen molar-refractivity contribution in [2.45, 2.75) is 6.54 Å². The summed E-state index contributed by atoms with van der Waals surface area (Å²) >= 11 is 12.0. The van der Waals surface area contributed by atoms with E-state index in [4.69, 9.17) is 27.6 Å². The topological polar surface area (TPSA) is 90.0 Å². The highest BCUT2D eigenvalue weighted by Crippen LogP contribution is 2.23. The van der Waals surface area contributed by atoms with Gasteiger partial charge in [0.1, 0.15) is 0 Å². The van der Waals surface area contributed by atoms with Crippen LogP contribution in [-0.4, -0.2) is 28.8 Å². The van der Waals surface area contributed by atoms with E-state index in [1.165, 1.54) is 6.26 Å². The Morgan fingerprint density at radius 1 is 1.29 bits per heavy atom. The van der Waals surface area contributed by atoms with Crippen molar-refractivity contribution < 1.29 is 12.8 Å². The minimum Gasteiger partial charge on any atom is -0.461 e. The van der Waals surface area contributed by atoms with Gasteiger partial charge < -0.3 is 9.73 Å². The molecule has 0 spiro atoms. The Kier molecular flexibility index (Phi) is 4.53. The summed E-state index contributed by atoms with van der Waals surface area (Å²) in [5.74, 6) is 0.593. The first-order valence-electron chi connectivity index (χ1n) is 6.74. The molecule has 3 rings (SSSR count). The fraction of sp³-hybridized carbons (Fsp3) is 0.143. The summed E-state index contributed by atoms with van der Waals surface area (Å²) < 4.78 is 29.8. The number of benzene rings is 1. The second-order valence-corrected chi connectivity index (χ2v) is 7.59. The Balaban J connectivity index is 1.92. The highest BCUT2D eigenvalue weighted by molar-refractivity contribution is 7.89. The number of rotatable bonds is 5. The van der Waals surface area contributed by atoms with Gasteiger partial charge in [0.25, 0.3) is 10.0 Å². The Morgan fingerprint density at radius 2 is 2.08 bits per heavy atom. The van der Waals surface area contributed by atoms with Crippen LogP contribution in [0.15, 0.2) is 41.0 Å². The van der Waals surface area contributed by atoms with Crippen molar-refractivity contribution in [3.8, 4) is 11.6 Å². The van der Waals surface area contributed by atoms with E-state index in [2.05, 4.69) is 15.4 Å². The first-order valence-corrected chi connectivity index (χ1v) is 9.34. The Bertz CT molecular complexity index is 968. The molecule has 126 valence electrons. The van der Waals surface area contributed by atoms with Crippen LogP contribution in [0.2, 0.25) is 10.0 Å². The monoisotopic (exact) mass is 386 g/mol. The molecule has 0 atom stereocenters. The van der Waals surface area contributed by atoms with Gasteiger partial charge in [-0.05, 0) is 29.8 Å². The van der Waals surface area contributed by atoms with E-state index in [1.54, 1.807) is 30.3 Å². The van der Waals surface area contributed by atoms with E-state index >= 15 is 0 Å². The molecule has 7 nitrogen and oxygen atoms in total. The normalized spacial score (nSPS) is 11.6. The molecule has 2 aromatic heterocycles. The molecule has 0 radical (unpaired) electrons. The number of furan rings is 1. The fourth-order valence-corrected chi connectivity index (χ4v) is 3.11. The molecular formula is C14H12Cl2N4O3S. The van der Waals surface area contributed by atoms with E-state index < -0.39 is 10.0 Å². The largest absolute Gasteiger partial charge is 0.461 e. The maximum atomic E-state index is 11.9. The smallest absolute Gasteiger partial charge is 0.254 e. The van der Waals surface area contributed by atoms with Gasteiger partial charge in [-0.3, -0.25) is 0 Å². The predicted molar refractivity (Wildman–Crippen MR) is 91.8 cm³/mol. The number of halogens is 2. The summed E-state index contributed by atoms with van der Waals surface area (Å²) in [6.45, 7) is 0.252. The van der Waals surface area contributed by atoms with Crippen LogP contribution in [-0.2, 0) is 16.6 Å². The van der Waals surface area contributed by atoms with Gasteiger partial charge in [-0.2, -0.15) is 4.98 Å². The quantitative estimate of drug-likeness (QED) is 0.723. The number of nitrogens with one attached hydrogen (secondary N) is 1. The lowest BCUT2D eigenvalue weighted by atomic mass is 10.2. The van der Waals surface area contributed by atoms with Gasteiger partial charge in [-0.25, -0.2) is 8.42 Å². The summed E-state index contributed by atoms with van der Waals surface area (Å²) in [7, 11) is -3.64. The van der Waals surface area contributed by atoms with Gasteiger partial charge >= 0.3 is 0 Å². The third kappa shape index (κ3) is 3.55. The molecule has 3 aromatic rings. The zero-order valence-electron chi connectivity index (χ0n) is 12.4. The van der Waals surface area contributed by atoms with Crippen molar-refractivity contribution in [1.29, 1.82) is 0 Å². The molecule has 0 aliphatic heterocycles. The first kappa shape index (κ1) is 16.8. The molecule has 1 N–H and O–H groups in total. The molecule has 0 fully saturated rings. The molecular weight excluding hydrogens is 375 g/mol. The Hall–Kier alpha value is -2.03. The van der Waals surface area contributed by atoms with Crippen LogP contribution in [0.25, 0.3) is 11.6 Å². The van der Waals surface area contributed by atoms with Crippen LogP contribution in [0.5, 0.6) is 0 Å². The van der Waals surface area contributed by atoms with E-state index in [1.807, 2.05) is 0 Å².